The standard InChI is InChI=1S/C8H10ClN3S/c1-5-4-13-8-11-7(9)6(3-10-2)12(5)8/h4,10H,3H2,1-2H3. The highest BCUT2D eigenvalue weighted by atomic mass is 35.5. The lowest BCUT2D eigenvalue weighted by Gasteiger charge is -1.99. The lowest BCUT2D eigenvalue weighted by atomic mass is 10.4. The average Bonchev–Trinajstić information content (AvgIpc) is 2.57. The predicted molar refractivity (Wildman–Crippen MR) is 55.6 cm³/mol. The van der Waals surface area contributed by atoms with Crippen molar-refractivity contribution in [2.45, 2.75) is 13.5 Å². The monoisotopic (exact) mass is 215 g/mol. The van der Waals surface area contributed by atoms with Crippen molar-refractivity contribution < 1.29 is 0 Å². The molecule has 0 aliphatic rings. The molecule has 70 valence electrons. The highest BCUT2D eigenvalue weighted by Gasteiger charge is 2.11. The molecule has 1 N–H and O–H groups in total. The fourth-order valence-electron chi connectivity index (χ4n) is 1.36. The third-order valence-corrected chi connectivity index (χ3v) is 3.17. The molecule has 3 nitrogen and oxygen atoms in total. The Labute approximate surface area is 85.4 Å². The van der Waals surface area contributed by atoms with E-state index in [9.17, 15) is 0 Å². The number of nitrogens with one attached hydrogen (secondary N) is 1. The van der Waals surface area contributed by atoms with Crippen LogP contribution in [-0.2, 0) is 6.54 Å². The topological polar surface area (TPSA) is 29.3 Å². The molecule has 2 aromatic rings. The van der Waals surface area contributed by atoms with E-state index in [2.05, 4.69) is 27.0 Å². The predicted octanol–water partition coefficient (Wildman–Crippen LogP) is 2.08. The molecule has 0 amide bonds. The Hall–Kier alpha value is -0.580. The Morgan fingerprint density at radius 3 is 3.15 bits per heavy atom. The first-order valence-corrected chi connectivity index (χ1v) is 5.25. The number of thiazole rings is 1. The normalized spacial score (nSPS) is 11.3. The summed E-state index contributed by atoms with van der Waals surface area (Å²) in [5, 5.41) is 5.76. The molecule has 2 rings (SSSR count). The molecule has 0 bridgehead atoms. The number of rotatable bonds is 2. The number of hydrogen-bond acceptors (Lipinski definition) is 3. The number of nitrogens with zero attached hydrogens (tertiary/aromatic N) is 2. The van der Waals surface area contributed by atoms with E-state index in [0.717, 1.165) is 17.2 Å². The van der Waals surface area contributed by atoms with Crippen molar-refractivity contribution in [2.24, 2.45) is 0 Å². The minimum absolute atomic E-state index is 0.601. The van der Waals surface area contributed by atoms with Crippen LogP contribution in [0.1, 0.15) is 11.4 Å². The van der Waals surface area contributed by atoms with Gasteiger partial charge >= 0.3 is 0 Å². The quantitative estimate of drug-likeness (QED) is 0.831. The molecule has 0 aromatic carbocycles. The van der Waals surface area contributed by atoms with Gasteiger partial charge in [-0.25, -0.2) is 4.98 Å². The zero-order valence-corrected chi connectivity index (χ0v) is 9.04. The molecule has 13 heavy (non-hydrogen) atoms. The second kappa shape index (κ2) is 3.29. The highest BCUT2D eigenvalue weighted by molar-refractivity contribution is 7.15. The Balaban J connectivity index is 2.67. The molecule has 0 fully saturated rings. The number of hydrogen-bond donors (Lipinski definition) is 1. The minimum Gasteiger partial charge on any atom is -0.314 e. The van der Waals surface area contributed by atoms with E-state index in [-0.39, 0.29) is 0 Å². The van der Waals surface area contributed by atoms with Gasteiger partial charge in [0.2, 0.25) is 0 Å². The lowest BCUT2D eigenvalue weighted by molar-refractivity contribution is 0.779. The van der Waals surface area contributed by atoms with Crippen molar-refractivity contribution in [3.8, 4) is 0 Å². The first kappa shape index (κ1) is 8.99. The number of aryl methyl sites for hydroxylation is 1. The fourth-order valence-corrected chi connectivity index (χ4v) is 2.53. The van der Waals surface area contributed by atoms with Crippen molar-refractivity contribution in [3.05, 3.63) is 21.9 Å². The van der Waals surface area contributed by atoms with Gasteiger partial charge in [0.05, 0.1) is 5.69 Å². The molecule has 0 saturated carbocycles. The summed E-state index contributed by atoms with van der Waals surface area (Å²) in [7, 11) is 1.90. The molecule has 0 aliphatic heterocycles. The van der Waals surface area contributed by atoms with Gasteiger partial charge in [-0.05, 0) is 14.0 Å². The van der Waals surface area contributed by atoms with Crippen LogP contribution in [0, 0.1) is 6.92 Å². The van der Waals surface area contributed by atoms with Crippen molar-refractivity contribution in [1.29, 1.82) is 0 Å². The Morgan fingerprint density at radius 2 is 2.46 bits per heavy atom. The van der Waals surface area contributed by atoms with Gasteiger partial charge in [0.1, 0.15) is 0 Å². The van der Waals surface area contributed by atoms with Crippen LogP contribution in [0.3, 0.4) is 0 Å². The van der Waals surface area contributed by atoms with Crippen molar-refractivity contribution >= 4 is 27.9 Å². The zero-order valence-electron chi connectivity index (χ0n) is 7.47. The van der Waals surface area contributed by atoms with Gasteiger partial charge in [0, 0.05) is 17.6 Å². The van der Waals surface area contributed by atoms with Crippen molar-refractivity contribution in [3.63, 3.8) is 0 Å². The van der Waals surface area contributed by atoms with E-state index in [1.54, 1.807) is 11.3 Å². The van der Waals surface area contributed by atoms with Crippen LogP contribution in [0.2, 0.25) is 5.15 Å². The van der Waals surface area contributed by atoms with Gasteiger partial charge in [-0.15, -0.1) is 11.3 Å². The Bertz CT molecular complexity index is 432. The maximum atomic E-state index is 5.99. The molecule has 0 atom stereocenters. The zero-order chi connectivity index (χ0) is 9.42. The molecular formula is C8H10ClN3S. The van der Waals surface area contributed by atoms with Gasteiger partial charge < -0.3 is 5.32 Å². The van der Waals surface area contributed by atoms with Gasteiger partial charge in [0.25, 0.3) is 0 Å². The van der Waals surface area contributed by atoms with Gasteiger partial charge in [0.15, 0.2) is 10.1 Å². The molecule has 0 saturated heterocycles. The number of fused-ring (bicyclic) bond motifs is 1. The van der Waals surface area contributed by atoms with Crippen LogP contribution in [0.4, 0.5) is 0 Å². The van der Waals surface area contributed by atoms with Gasteiger partial charge in [-0.2, -0.15) is 0 Å². The number of halogens is 1. The SMILES string of the molecule is CNCc1c(Cl)nc2scc(C)n12. The van der Waals surface area contributed by atoms with E-state index >= 15 is 0 Å². The van der Waals surface area contributed by atoms with E-state index in [4.69, 9.17) is 11.6 Å². The molecule has 0 spiro atoms. The van der Waals surface area contributed by atoms with Crippen LogP contribution in [0.15, 0.2) is 5.38 Å². The molecule has 0 radical (unpaired) electrons. The van der Waals surface area contributed by atoms with Crippen LogP contribution in [-0.4, -0.2) is 16.4 Å². The molecule has 0 unspecified atom stereocenters. The van der Waals surface area contributed by atoms with Crippen LogP contribution >= 0.6 is 22.9 Å². The number of aromatic nitrogens is 2. The smallest absolute Gasteiger partial charge is 0.195 e. The summed E-state index contributed by atoms with van der Waals surface area (Å²) in [6.07, 6.45) is 0. The summed E-state index contributed by atoms with van der Waals surface area (Å²) in [4.78, 5) is 5.22. The van der Waals surface area contributed by atoms with E-state index < -0.39 is 0 Å². The molecular weight excluding hydrogens is 206 g/mol. The van der Waals surface area contributed by atoms with Gasteiger partial charge in [-0.1, -0.05) is 11.6 Å². The maximum Gasteiger partial charge on any atom is 0.195 e. The third-order valence-electron chi connectivity index (χ3n) is 1.92. The summed E-state index contributed by atoms with van der Waals surface area (Å²) in [6, 6.07) is 0. The molecule has 5 heteroatoms. The summed E-state index contributed by atoms with van der Waals surface area (Å²) in [5.74, 6) is 0. The average molecular weight is 216 g/mol. The van der Waals surface area contributed by atoms with Crippen molar-refractivity contribution in [2.75, 3.05) is 7.05 Å². The summed E-state index contributed by atoms with van der Waals surface area (Å²) in [6.45, 7) is 2.80. The van der Waals surface area contributed by atoms with Crippen LogP contribution in [0.25, 0.3) is 4.96 Å². The minimum atomic E-state index is 0.601. The van der Waals surface area contributed by atoms with E-state index in [1.807, 2.05) is 7.05 Å². The fraction of sp³-hybridized carbons (Fsp3) is 0.375. The maximum absolute atomic E-state index is 5.99. The molecule has 2 heterocycles. The van der Waals surface area contributed by atoms with Crippen LogP contribution in [0.5, 0.6) is 0 Å². The van der Waals surface area contributed by atoms with Gasteiger partial charge in [-0.3, -0.25) is 4.40 Å². The van der Waals surface area contributed by atoms with Crippen molar-refractivity contribution in [1.82, 2.24) is 14.7 Å². The second-order valence-corrected chi connectivity index (χ2v) is 4.07. The molecule has 0 aliphatic carbocycles. The second-order valence-electron chi connectivity index (χ2n) is 2.87. The summed E-state index contributed by atoms with van der Waals surface area (Å²) < 4.78 is 2.09. The van der Waals surface area contributed by atoms with E-state index in [0.29, 0.717) is 5.15 Å². The Morgan fingerprint density at radius 1 is 1.69 bits per heavy atom. The first-order chi connectivity index (χ1) is 6.24. The summed E-state index contributed by atoms with van der Waals surface area (Å²) >= 11 is 7.61. The first-order valence-electron chi connectivity index (χ1n) is 3.99. The Kier molecular flexibility index (Phi) is 2.27. The third kappa shape index (κ3) is 1.35. The summed E-state index contributed by atoms with van der Waals surface area (Å²) in [5.41, 5.74) is 2.22. The number of imidazole rings is 1. The largest absolute Gasteiger partial charge is 0.314 e. The highest BCUT2D eigenvalue weighted by Crippen LogP contribution is 2.23. The van der Waals surface area contributed by atoms with Crippen LogP contribution < -0.4 is 5.32 Å². The molecule has 2 aromatic heterocycles. The van der Waals surface area contributed by atoms with E-state index in [1.165, 1.54) is 5.69 Å². The lowest BCUT2D eigenvalue weighted by Crippen LogP contribution is -2.08.